The number of ketones is 1. The van der Waals surface area contributed by atoms with Crippen molar-refractivity contribution in [2.75, 3.05) is 11.5 Å². The van der Waals surface area contributed by atoms with E-state index in [0.29, 0.717) is 0 Å². The van der Waals surface area contributed by atoms with E-state index in [1.54, 1.807) is 0 Å². The summed E-state index contributed by atoms with van der Waals surface area (Å²) in [6.45, 7) is 3.41. The number of hydrogen-bond donors (Lipinski definition) is 0. The van der Waals surface area contributed by atoms with Crippen molar-refractivity contribution < 1.29 is 4.79 Å². The van der Waals surface area contributed by atoms with Crippen molar-refractivity contribution in [1.82, 2.24) is 0 Å². The van der Waals surface area contributed by atoms with E-state index in [1.165, 1.54) is 0 Å². The summed E-state index contributed by atoms with van der Waals surface area (Å²) < 4.78 is 0. The number of carbonyl (C=O) groups is 1. The van der Waals surface area contributed by atoms with Crippen LogP contribution in [0.4, 0.5) is 0 Å². The first-order valence-electron chi connectivity index (χ1n) is 3.24. The van der Waals surface area contributed by atoms with E-state index in [4.69, 9.17) is 0 Å². The Bertz CT molecular complexity index is 105. The van der Waals surface area contributed by atoms with Gasteiger partial charge in [0, 0.05) is 12.8 Å². The third-order valence-electron chi connectivity index (χ3n) is 1.68. The van der Waals surface area contributed by atoms with Crippen LogP contribution in [-0.4, -0.2) is 17.3 Å². The maximum Gasteiger partial charge on any atom is 0.136 e. The van der Waals surface area contributed by atoms with E-state index in [-0.39, 0.29) is 11.7 Å². The molecule has 0 bridgehead atoms. The van der Waals surface area contributed by atoms with Gasteiger partial charge in [0.05, 0.1) is 0 Å². The van der Waals surface area contributed by atoms with E-state index in [1.807, 2.05) is 11.8 Å². The van der Waals surface area contributed by atoms with Gasteiger partial charge in [-0.25, -0.2) is 0 Å². The first-order valence-corrected chi connectivity index (χ1v) is 4.39. The van der Waals surface area contributed by atoms with E-state index < -0.39 is 0 Å². The van der Waals surface area contributed by atoms with Crippen LogP contribution < -0.4 is 0 Å². The standard InChI is InChI=1S/C7H11OS/c1-6(8)7-2-4-9-5-3-7/h7H,1-5H2. The third-order valence-corrected chi connectivity index (χ3v) is 2.73. The Morgan fingerprint density at radius 2 is 2.00 bits per heavy atom. The van der Waals surface area contributed by atoms with Gasteiger partial charge in [-0.15, -0.1) is 0 Å². The summed E-state index contributed by atoms with van der Waals surface area (Å²) in [6.07, 6.45) is 2.10. The van der Waals surface area contributed by atoms with Crippen molar-refractivity contribution in [1.29, 1.82) is 0 Å². The highest BCUT2D eigenvalue weighted by atomic mass is 32.2. The zero-order valence-corrected chi connectivity index (χ0v) is 6.25. The number of carbonyl (C=O) groups excluding carboxylic acids is 1. The highest BCUT2D eigenvalue weighted by molar-refractivity contribution is 7.99. The summed E-state index contributed by atoms with van der Waals surface area (Å²) in [5.74, 6) is 2.71. The average molecular weight is 143 g/mol. The molecular formula is C7H11OS. The topological polar surface area (TPSA) is 17.1 Å². The molecule has 0 aliphatic carbocycles. The van der Waals surface area contributed by atoms with Crippen LogP contribution >= 0.6 is 11.8 Å². The normalized spacial score (nSPS) is 21.9. The minimum Gasteiger partial charge on any atom is -0.299 e. The van der Waals surface area contributed by atoms with Crippen LogP contribution in [0.5, 0.6) is 0 Å². The predicted molar refractivity (Wildman–Crippen MR) is 40.4 cm³/mol. The van der Waals surface area contributed by atoms with Crippen molar-refractivity contribution >= 4 is 17.5 Å². The van der Waals surface area contributed by atoms with Crippen LogP contribution in [-0.2, 0) is 4.79 Å². The molecule has 1 rings (SSSR count). The molecule has 9 heavy (non-hydrogen) atoms. The van der Waals surface area contributed by atoms with Crippen LogP contribution in [0.2, 0.25) is 0 Å². The average Bonchev–Trinajstić information content (AvgIpc) is 1.90. The SMILES string of the molecule is [CH2]C(=O)C1CCSCC1. The molecule has 1 radical (unpaired) electrons. The lowest BCUT2D eigenvalue weighted by atomic mass is 9.99. The largest absolute Gasteiger partial charge is 0.299 e. The van der Waals surface area contributed by atoms with Gasteiger partial charge in [-0.1, -0.05) is 0 Å². The summed E-state index contributed by atoms with van der Waals surface area (Å²) in [7, 11) is 0. The Balaban J connectivity index is 2.31. The molecule has 1 aliphatic rings. The fraction of sp³-hybridized carbons (Fsp3) is 0.714. The number of Topliss-reactive ketones (excluding diaryl/α,β-unsaturated/α-hetero) is 1. The van der Waals surface area contributed by atoms with E-state index in [9.17, 15) is 4.79 Å². The molecule has 1 saturated heterocycles. The lowest BCUT2D eigenvalue weighted by molar-refractivity contribution is -0.118. The van der Waals surface area contributed by atoms with Crippen molar-refractivity contribution in [3.05, 3.63) is 6.92 Å². The molecule has 1 heterocycles. The molecule has 0 aromatic rings. The molecule has 0 atom stereocenters. The molecule has 0 saturated carbocycles. The Morgan fingerprint density at radius 3 is 2.33 bits per heavy atom. The Morgan fingerprint density at radius 1 is 1.44 bits per heavy atom. The molecule has 1 fully saturated rings. The summed E-state index contributed by atoms with van der Waals surface area (Å²) in [5.41, 5.74) is 0. The minimum absolute atomic E-state index is 0.135. The van der Waals surface area contributed by atoms with Crippen molar-refractivity contribution in [3.63, 3.8) is 0 Å². The van der Waals surface area contributed by atoms with Crippen molar-refractivity contribution in [3.8, 4) is 0 Å². The molecule has 0 aromatic carbocycles. The maximum absolute atomic E-state index is 10.7. The summed E-state index contributed by atoms with van der Waals surface area (Å²) in [4.78, 5) is 10.7. The number of thioether (sulfide) groups is 1. The molecule has 0 aromatic heterocycles. The van der Waals surface area contributed by atoms with Gasteiger partial charge in [-0.05, 0) is 24.3 Å². The Labute approximate surface area is 60.2 Å². The lowest BCUT2D eigenvalue weighted by Gasteiger charge is -2.17. The van der Waals surface area contributed by atoms with Crippen LogP contribution in [0, 0.1) is 12.8 Å². The maximum atomic E-state index is 10.7. The van der Waals surface area contributed by atoms with Gasteiger partial charge >= 0.3 is 0 Å². The third kappa shape index (κ3) is 2.01. The second kappa shape index (κ2) is 3.25. The Kier molecular flexibility index (Phi) is 2.58. The highest BCUT2D eigenvalue weighted by Crippen LogP contribution is 2.22. The fourth-order valence-electron chi connectivity index (χ4n) is 1.02. The molecule has 51 valence electrons. The molecule has 0 N–H and O–H groups in total. The minimum atomic E-state index is 0.135. The smallest absolute Gasteiger partial charge is 0.136 e. The van der Waals surface area contributed by atoms with Gasteiger partial charge < -0.3 is 0 Å². The first-order chi connectivity index (χ1) is 4.30. The molecule has 0 amide bonds. The van der Waals surface area contributed by atoms with Gasteiger partial charge in [0.15, 0.2) is 0 Å². The summed E-state index contributed by atoms with van der Waals surface area (Å²) in [5, 5.41) is 0. The fourth-order valence-corrected chi connectivity index (χ4v) is 2.13. The molecule has 1 nitrogen and oxygen atoms in total. The quantitative estimate of drug-likeness (QED) is 0.553. The monoisotopic (exact) mass is 143 g/mol. The number of hydrogen-bond acceptors (Lipinski definition) is 2. The van der Waals surface area contributed by atoms with E-state index in [0.717, 1.165) is 24.3 Å². The summed E-state index contributed by atoms with van der Waals surface area (Å²) >= 11 is 1.94. The highest BCUT2D eigenvalue weighted by Gasteiger charge is 2.16. The molecular weight excluding hydrogens is 132 g/mol. The summed E-state index contributed by atoms with van der Waals surface area (Å²) in [6, 6.07) is 0. The van der Waals surface area contributed by atoms with Gasteiger partial charge in [0.25, 0.3) is 0 Å². The van der Waals surface area contributed by atoms with Crippen molar-refractivity contribution in [2.24, 2.45) is 5.92 Å². The molecule has 0 unspecified atom stereocenters. The van der Waals surface area contributed by atoms with Crippen molar-refractivity contribution in [2.45, 2.75) is 12.8 Å². The molecule has 1 aliphatic heterocycles. The molecule has 2 heteroatoms. The van der Waals surface area contributed by atoms with Crippen LogP contribution in [0.15, 0.2) is 0 Å². The van der Waals surface area contributed by atoms with Gasteiger partial charge in [-0.2, -0.15) is 11.8 Å². The second-order valence-corrected chi connectivity index (χ2v) is 3.58. The number of rotatable bonds is 1. The lowest BCUT2D eigenvalue weighted by Crippen LogP contribution is -2.16. The van der Waals surface area contributed by atoms with Gasteiger partial charge in [-0.3, -0.25) is 4.79 Å². The predicted octanol–water partition coefficient (Wildman–Crippen LogP) is 1.53. The first kappa shape index (κ1) is 7.13. The van der Waals surface area contributed by atoms with E-state index >= 15 is 0 Å². The van der Waals surface area contributed by atoms with Crippen LogP contribution in [0.25, 0.3) is 0 Å². The van der Waals surface area contributed by atoms with Gasteiger partial charge in [0.2, 0.25) is 0 Å². The van der Waals surface area contributed by atoms with E-state index in [2.05, 4.69) is 6.92 Å². The van der Waals surface area contributed by atoms with Gasteiger partial charge in [0.1, 0.15) is 5.78 Å². The van der Waals surface area contributed by atoms with Crippen LogP contribution in [0.1, 0.15) is 12.8 Å². The zero-order valence-electron chi connectivity index (χ0n) is 5.43. The Hall–Kier alpha value is 0.0200. The molecule has 0 spiro atoms. The zero-order chi connectivity index (χ0) is 6.69. The second-order valence-electron chi connectivity index (χ2n) is 2.35. The van der Waals surface area contributed by atoms with Crippen LogP contribution in [0.3, 0.4) is 0 Å².